The molecule has 0 aliphatic carbocycles. The Balaban J connectivity index is 2.08. The molecule has 1 N–H and O–H groups in total. The Morgan fingerprint density at radius 2 is 1.68 bits per heavy atom. The molecule has 28 heavy (non-hydrogen) atoms. The monoisotopic (exact) mass is 418 g/mol. The van der Waals surface area contributed by atoms with Crippen molar-refractivity contribution < 1.29 is 9.59 Å². The summed E-state index contributed by atoms with van der Waals surface area (Å²) in [6.07, 6.45) is 0.351. The highest BCUT2D eigenvalue weighted by Crippen LogP contribution is 2.21. The average molecular weight is 419 g/mol. The fourth-order valence-electron chi connectivity index (χ4n) is 2.71. The van der Waals surface area contributed by atoms with Gasteiger partial charge in [0.05, 0.1) is 0 Å². The summed E-state index contributed by atoms with van der Waals surface area (Å²) in [4.78, 5) is 28.2. The number of nitrogens with zero attached hydrogens (tertiary/aromatic N) is 1. The van der Waals surface area contributed by atoms with Crippen LogP contribution in [0.4, 0.5) is 0 Å². The molecule has 1 atom stereocenters. The normalized spacial score (nSPS) is 11.9. The molecular weight excluding hydrogens is 392 g/mol. The van der Waals surface area contributed by atoms with Gasteiger partial charge >= 0.3 is 0 Å². The molecular formula is C22H27ClN2O2S. The van der Waals surface area contributed by atoms with E-state index in [9.17, 15) is 9.59 Å². The summed E-state index contributed by atoms with van der Waals surface area (Å²) in [5.74, 6) is 0.432. The Bertz CT molecular complexity index is 783. The molecule has 2 aromatic carbocycles. The third-order valence-corrected chi connectivity index (χ3v) is 5.61. The van der Waals surface area contributed by atoms with Crippen molar-refractivity contribution in [2.24, 2.45) is 0 Å². The van der Waals surface area contributed by atoms with Crippen LogP contribution < -0.4 is 5.32 Å². The fourth-order valence-corrected chi connectivity index (χ4v) is 3.77. The van der Waals surface area contributed by atoms with Crippen molar-refractivity contribution in [3.63, 3.8) is 0 Å². The number of hydrogen-bond donors (Lipinski definition) is 1. The molecule has 0 aliphatic heterocycles. The number of carbonyl (C=O) groups is 2. The maximum absolute atomic E-state index is 13.0. The lowest BCUT2D eigenvalue weighted by Gasteiger charge is -2.29. The van der Waals surface area contributed by atoms with E-state index in [2.05, 4.69) is 5.32 Å². The number of nitrogens with one attached hydrogen (secondary N) is 1. The van der Waals surface area contributed by atoms with Crippen LogP contribution in [0.25, 0.3) is 0 Å². The molecule has 0 unspecified atom stereocenters. The summed E-state index contributed by atoms with van der Waals surface area (Å²) >= 11 is 7.92. The van der Waals surface area contributed by atoms with Crippen molar-refractivity contribution in [2.45, 2.75) is 50.7 Å². The highest BCUT2D eigenvalue weighted by molar-refractivity contribution is 7.99. The van der Waals surface area contributed by atoms with Crippen molar-refractivity contribution in [2.75, 3.05) is 5.75 Å². The summed E-state index contributed by atoms with van der Waals surface area (Å²) in [6.45, 7) is 5.88. The molecule has 0 aromatic heterocycles. The van der Waals surface area contributed by atoms with E-state index in [0.29, 0.717) is 23.7 Å². The van der Waals surface area contributed by atoms with Crippen LogP contribution in [0.2, 0.25) is 5.02 Å². The second kappa shape index (κ2) is 11.1. The quantitative estimate of drug-likeness (QED) is 0.597. The van der Waals surface area contributed by atoms with Gasteiger partial charge in [0.25, 0.3) is 0 Å². The molecule has 0 saturated heterocycles. The van der Waals surface area contributed by atoms with E-state index < -0.39 is 6.04 Å². The van der Waals surface area contributed by atoms with E-state index in [1.807, 2.05) is 62.4 Å². The van der Waals surface area contributed by atoms with Gasteiger partial charge in [0.15, 0.2) is 0 Å². The largest absolute Gasteiger partial charge is 0.352 e. The van der Waals surface area contributed by atoms with Gasteiger partial charge in [0.1, 0.15) is 6.04 Å². The minimum absolute atomic E-state index is 0.0147. The van der Waals surface area contributed by atoms with Gasteiger partial charge in [0.2, 0.25) is 11.8 Å². The first-order chi connectivity index (χ1) is 13.4. The Kier molecular flexibility index (Phi) is 8.87. The van der Waals surface area contributed by atoms with E-state index in [1.54, 1.807) is 29.7 Å². The van der Waals surface area contributed by atoms with Crippen LogP contribution in [0.1, 0.15) is 32.8 Å². The second-order valence-electron chi connectivity index (χ2n) is 6.86. The van der Waals surface area contributed by atoms with Gasteiger partial charge in [-0.3, -0.25) is 9.59 Å². The molecule has 0 heterocycles. The third-order valence-electron chi connectivity index (χ3n) is 4.22. The lowest BCUT2D eigenvalue weighted by molar-refractivity contribution is -0.140. The van der Waals surface area contributed by atoms with Gasteiger partial charge in [-0.2, -0.15) is 0 Å². The summed E-state index contributed by atoms with van der Waals surface area (Å²) in [6, 6.07) is 16.8. The van der Waals surface area contributed by atoms with E-state index >= 15 is 0 Å². The first kappa shape index (κ1) is 22.3. The van der Waals surface area contributed by atoms with Crippen LogP contribution in [0, 0.1) is 0 Å². The molecule has 0 radical (unpaired) electrons. The van der Waals surface area contributed by atoms with Gasteiger partial charge in [-0.1, -0.05) is 48.0 Å². The summed E-state index contributed by atoms with van der Waals surface area (Å²) in [7, 11) is 0. The number of benzene rings is 2. The van der Waals surface area contributed by atoms with Gasteiger partial charge in [-0.25, -0.2) is 0 Å². The smallest absolute Gasteiger partial charge is 0.242 e. The zero-order valence-electron chi connectivity index (χ0n) is 16.5. The first-order valence-electron chi connectivity index (χ1n) is 9.39. The van der Waals surface area contributed by atoms with Crippen molar-refractivity contribution in [1.29, 1.82) is 0 Å². The van der Waals surface area contributed by atoms with Gasteiger partial charge in [-0.05, 0) is 44.5 Å². The Morgan fingerprint density at radius 3 is 2.32 bits per heavy atom. The molecule has 2 amide bonds. The van der Waals surface area contributed by atoms with Crippen molar-refractivity contribution in [3.05, 3.63) is 65.2 Å². The lowest BCUT2D eigenvalue weighted by Crippen LogP contribution is -2.49. The average Bonchev–Trinajstić information content (AvgIpc) is 2.67. The van der Waals surface area contributed by atoms with Crippen molar-refractivity contribution in [1.82, 2.24) is 10.2 Å². The molecule has 0 aliphatic rings. The summed E-state index contributed by atoms with van der Waals surface area (Å²) in [5.41, 5.74) is 0.831. The number of halogens is 1. The second-order valence-corrected chi connectivity index (χ2v) is 8.44. The van der Waals surface area contributed by atoms with Gasteiger partial charge in [-0.15, -0.1) is 11.8 Å². The Labute approximate surface area is 176 Å². The zero-order valence-corrected chi connectivity index (χ0v) is 18.1. The maximum atomic E-state index is 13.0. The fraction of sp³-hybridized carbons (Fsp3) is 0.364. The van der Waals surface area contributed by atoms with Crippen LogP contribution in [0.5, 0.6) is 0 Å². The standard InChI is InChI=1S/C22H27ClN2O2S/c1-16(2)24-22(27)17(3)25(15-18-9-7-8-12-20(18)23)21(26)13-14-28-19-10-5-4-6-11-19/h4-12,16-17H,13-15H2,1-3H3,(H,24,27)/t17-/m1/s1. The predicted octanol–water partition coefficient (Wildman–Crippen LogP) is 4.76. The van der Waals surface area contributed by atoms with Crippen LogP contribution in [0.3, 0.4) is 0 Å². The summed E-state index contributed by atoms with van der Waals surface area (Å²) < 4.78 is 0. The van der Waals surface area contributed by atoms with Crippen molar-refractivity contribution >= 4 is 35.2 Å². The maximum Gasteiger partial charge on any atom is 0.242 e. The van der Waals surface area contributed by atoms with E-state index in [1.165, 1.54) is 0 Å². The zero-order chi connectivity index (χ0) is 20.5. The number of amides is 2. The number of rotatable bonds is 9. The van der Waals surface area contributed by atoms with Crippen LogP contribution in [0.15, 0.2) is 59.5 Å². The summed E-state index contributed by atoms with van der Waals surface area (Å²) in [5, 5.41) is 3.48. The van der Waals surface area contributed by atoms with E-state index in [-0.39, 0.29) is 17.9 Å². The highest BCUT2D eigenvalue weighted by atomic mass is 35.5. The molecule has 2 rings (SSSR count). The van der Waals surface area contributed by atoms with Crippen LogP contribution in [-0.2, 0) is 16.1 Å². The Hall–Kier alpha value is -1.98. The van der Waals surface area contributed by atoms with Crippen LogP contribution in [-0.4, -0.2) is 34.6 Å². The van der Waals surface area contributed by atoms with Crippen molar-refractivity contribution in [3.8, 4) is 0 Å². The number of thioether (sulfide) groups is 1. The third kappa shape index (κ3) is 6.88. The molecule has 0 saturated carbocycles. The van der Waals surface area contributed by atoms with E-state index in [0.717, 1.165) is 10.5 Å². The minimum atomic E-state index is -0.576. The highest BCUT2D eigenvalue weighted by Gasteiger charge is 2.26. The molecule has 150 valence electrons. The number of carbonyl (C=O) groups excluding carboxylic acids is 2. The van der Waals surface area contributed by atoms with Crippen LogP contribution >= 0.6 is 23.4 Å². The molecule has 6 heteroatoms. The molecule has 2 aromatic rings. The van der Waals surface area contributed by atoms with E-state index in [4.69, 9.17) is 11.6 Å². The minimum Gasteiger partial charge on any atom is -0.352 e. The molecule has 0 fully saturated rings. The molecule has 4 nitrogen and oxygen atoms in total. The number of hydrogen-bond acceptors (Lipinski definition) is 3. The molecule has 0 bridgehead atoms. The first-order valence-corrected chi connectivity index (χ1v) is 10.8. The lowest BCUT2D eigenvalue weighted by atomic mass is 10.1. The van der Waals surface area contributed by atoms with Gasteiger partial charge in [0, 0.05) is 34.7 Å². The topological polar surface area (TPSA) is 49.4 Å². The molecule has 0 spiro atoms. The van der Waals surface area contributed by atoms with Gasteiger partial charge < -0.3 is 10.2 Å². The Morgan fingerprint density at radius 1 is 1.04 bits per heavy atom. The predicted molar refractivity (Wildman–Crippen MR) is 117 cm³/mol. The SMILES string of the molecule is CC(C)NC(=O)[C@@H](C)N(Cc1ccccc1Cl)C(=O)CCSc1ccccc1.